The van der Waals surface area contributed by atoms with Crippen molar-refractivity contribution in [3.05, 3.63) is 59.7 Å². The number of nitrogens with zero attached hydrogens (tertiary/aromatic N) is 2. The summed E-state index contributed by atoms with van der Waals surface area (Å²) in [6.07, 6.45) is 5.01. The van der Waals surface area contributed by atoms with Crippen LogP contribution < -0.4 is 4.90 Å². The Balaban J connectivity index is 1.47. The lowest BCUT2D eigenvalue weighted by atomic mass is 9.98. The number of aliphatic carboxylic acids is 1. The van der Waals surface area contributed by atoms with Crippen LogP contribution >= 0.6 is 0 Å². The highest BCUT2D eigenvalue weighted by Crippen LogP contribution is 2.35. The number of aryl methyl sites for hydroxylation is 2. The highest BCUT2D eigenvalue weighted by atomic mass is 16.4. The quantitative estimate of drug-likeness (QED) is 0.867. The van der Waals surface area contributed by atoms with Crippen molar-refractivity contribution in [1.82, 2.24) is 4.90 Å². The Morgan fingerprint density at radius 3 is 2.22 bits per heavy atom. The molecule has 142 valence electrons. The number of hydrogen-bond donors (Lipinski definition) is 1. The second-order valence-electron chi connectivity index (χ2n) is 7.74. The van der Waals surface area contributed by atoms with Gasteiger partial charge in [-0.05, 0) is 68.5 Å². The van der Waals surface area contributed by atoms with Crippen molar-refractivity contribution in [1.29, 1.82) is 0 Å². The third-order valence-electron chi connectivity index (χ3n) is 5.94. The van der Waals surface area contributed by atoms with Crippen molar-refractivity contribution in [3.8, 4) is 0 Å². The average molecular weight is 364 g/mol. The molecule has 27 heavy (non-hydrogen) atoms. The van der Waals surface area contributed by atoms with E-state index in [1.165, 1.54) is 22.5 Å². The maximum atomic E-state index is 11.3. The largest absolute Gasteiger partial charge is 0.481 e. The summed E-state index contributed by atoms with van der Waals surface area (Å²) in [5, 5.41) is 9.30. The zero-order valence-corrected chi connectivity index (χ0v) is 15.8. The van der Waals surface area contributed by atoms with Crippen molar-refractivity contribution in [2.75, 3.05) is 31.1 Å². The molecule has 0 unspecified atom stereocenters. The molecule has 1 saturated heterocycles. The molecule has 0 bridgehead atoms. The molecule has 2 heterocycles. The average Bonchev–Trinajstić information content (AvgIpc) is 2.86. The lowest BCUT2D eigenvalue weighted by Gasteiger charge is -2.32. The molecule has 4 heteroatoms. The number of fused-ring (bicyclic) bond motifs is 2. The zero-order valence-electron chi connectivity index (χ0n) is 15.8. The number of carboxylic acid groups (broad SMARTS) is 1. The molecule has 0 aromatic heterocycles. The molecule has 0 saturated carbocycles. The highest BCUT2D eigenvalue weighted by molar-refractivity contribution is 5.71. The molecule has 0 amide bonds. The van der Waals surface area contributed by atoms with E-state index in [-0.39, 0.29) is 5.92 Å². The van der Waals surface area contributed by atoms with Gasteiger partial charge in [-0.25, -0.2) is 0 Å². The van der Waals surface area contributed by atoms with E-state index >= 15 is 0 Å². The van der Waals surface area contributed by atoms with E-state index in [1.54, 1.807) is 0 Å². The molecule has 2 aromatic rings. The highest BCUT2D eigenvalue weighted by Gasteiger charge is 2.25. The molecule has 1 fully saturated rings. The SMILES string of the molecule is O=C(O)[C@H]1CCCN(CCCN2c3ccccc3CCc3ccccc32)C1. The Bertz CT molecular complexity index is 757. The number of rotatable bonds is 5. The lowest BCUT2D eigenvalue weighted by molar-refractivity contribution is -0.143. The molecule has 0 aliphatic carbocycles. The van der Waals surface area contributed by atoms with Gasteiger partial charge in [0.1, 0.15) is 0 Å². The second-order valence-corrected chi connectivity index (χ2v) is 7.74. The first-order valence-corrected chi connectivity index (χ1v) is 10.1. The van der Waals surface area contributed by atoms with Gasteiger partial charge in [0.2, 0.25) is 0 Å². The number of hydrogen-bond acceptors (Lipinski definition) is 3. The minimum absolute atomic E-state index is 0.196. The topological polar surface area (TPSA) is 43.8 Å². The first kappa shape index (κ1) is 18.1. The fraction of sp³-hybridized carbons (Fsp3) is 0.435. The van der Waals surface area contributed by atoms with Gasteiger partial charge in [-0.2, -0.15) is 0 Å². The number of carbonyl (C=O) groups is 1. The Kier molecular flexibility index (Phi) is 5.44. The molecular formula is C23H28N2O2. The van der Waals surface area contributed by atoms with E-state index in [2.05, 4.69) is 58.3 Å². The summed E-state index contributed by atoms with van der Waals surface area (Å²) in [4.78, 5) is 16.1. The van der Waals surface area contributed by atoms with Crippen molar-refractivity contribution in [2.24, 2.45) is 5.92 Å². The van der Waals surface area contributed by atoms with Gasteiger partial charge in [0, 0.05) is 24.5 Å². The number of para-hydroxylation sites is 2. The molecule has 2 aromatic carbocycles. The minimum Gasteiger partial charge on any atom is -0.481 e. The molecule has 0 radical (unpaired) electrons. The number of piperidine rings is 1. The molecule has 2 aliphatic rings. The zero-order chi connectivity index (χ0) is 18.6. The Hall–Kier alpha value is -2.33. The second kappa shape index (κ2) is 8.13. The number of anilines is 2. The molecule has 2 aliphatic heterocycles. The number of carboxylic acids is 1. The van der Waals surface area contributed by atoms with E-state index in [9.17, 15) is 9.90 Å². The lowest BCUT2D eigenvalue weighted by Crippen LogP contribution is -2.39. The van der Waals surface area contributed by atoms with Crippen LogP contribution in [0.5, 0.6) is 0 Å². The third-order valence-corrected chi connectivity index (χ3v) is 5.94. The normalized spacial score (nSPS) is 19.9. The molecular weight excluding hydrogens is 336 g/mol. The van der Waals surface area contributed by atoms with Crippen LogP contribution in [0.25, 0.3) is 0 Å². The molecule has 4 rings (SSSR count). The molecule has 4 nitrogen and oxygen atoms in total. The van der Waals surface area contributed by atoms with Gasteiger partial charge >= 0.3 is 5.97 Å². The summed E-state index contributed by atoms with van der Waals surface area (Å²) in [5.74, 6) is -0.839. The van der Waals surface area contributed by atoms with E-state index in [0.717, 1.165) is 51.7 Å². The monoisotopic (exact) mass is 364 g/mol. The van der Waals surface area contributed by atoms with Crippen LogP contribution in [0.3, 0.4) is 0 Å². The van der Waals surface area contributed by atoms with E-state index in [4.69, 9.17) is 0 Å². The van der Waals surface area contributed by atoms with Crippen molar-refractivity contribution >= 4 is 17.3 Å². The van der Waals surface area contributed by atoms with Gasteiger partial charge in [0.15, 0.2) is 0 Å². The standard InChI is InChI=1S/C23H28N2O2/c26-23(27)20-9-5-14-24(17-20)15-6-16-25-21-10-3-1-7-18(21)12-13-19-8-2-4-11-22(19)25/h1-4,7-8,10-11,20H,5-6,9,12-17H2,(H,26,27)/t20-/m0/s1. The summed E-state index contributed by atoms with van der Waals surface area (Å²) in [7, 11) is 0. The predicted octanol–water partition coefficient (Wildman–Crippen LogP) is 4.11. The summed E-state index contributed by atoms with van der Waals surface area (Å²) in [5.41, 5.74) is 5.48. The fourth-order valence-electron chi connectivity index (χ4n) is 4.52. The number of benzene rings is 2. The van der Waals surface area contributed by atoms with Gasteiger partial charge < -0.3 is 14.9 Å². The van der Waals surface area contributed by atoms with Gasteiger partial charge in [-0.3, -0.25) is 4.79 Å². The minimum atomic E-state index is -0.643. The maximum Gasteiger partial charge on any atom is 0.307 e. The van der Waals surface area contributed by atoms with Gasteiger partial charge in [-0.15, -0.1) is 0 Å². The van der Waals surface area contributed by atoms with Crippen LogP contribution in [0, 0.1) is 5.92 Å². The van der Waals surface area contributed by atoms with Crippen LogP contribution in [0.2, 0.25) is 0 Å². The van der Waals surface area contributed by atoms with Gasteiger partial charge in [0.05, 0.1) is 5.92 Å². The van der Waals surface area contributed by atoms with Crippen LogP contribution in [-0.2, 0) is 17.6 Å². The number of likely N-dealkylation sites (tertiary alicyclic amines) is 1. The third kappa shape index (κ3) is 4.01. The Labute approximate surface area is 161 Å². The molecule has 1 N–H and O–H groups in total. The molecule has 0 spiro atoms. The first-order chi connectivity index (χ1) is 13.2. The van der Waals surface area contributed by atoms with Gasteiger partial charge in [-0.1, -0.05) is 36.4 Å². The summed E-state index contributed by atoms with van der Waals surface area (Å²) in [6, 6.07) is 17.5. The van der Waals surface area contributed by atoms with E-state index in [0.29, 0.717) is 6.54 Å². The Morgan fingerprint density at radius 2 is 1.59 bits per heavy atom. The summed E-state index contributed by atoms with van der Waals surface area (Å²) < 4.78 is 0. The molecule has 1 atom stereocenters. The fourth-order valence-corrected chi connectivity index (χ4v) is 4.52. The van der Waals surface area contributed by atoms with Crippen molar-refractivity contribution in [2.45, 2.75) is 32.1 Å². The van der Waals surface area contributed by atoms with Crippen LogP contribution in [0.4, 0.5) is 11.4 Å². The van der Waals surface area contributed by atoms with Crippen LogP contribution in [-0.4, -0.2) is 42.2 Å². The van der Waals surface area contributed by atoms with E-state index in [1.807, 2.05) is 0 Å². The smallest absolute Gasteiger partial charge is 0.307 e. The Morgan fingerprint density at radius 1 is 0.963 bits per heavy atom. The van der Waals surface area contributed by atoms with Crippen LogP contribution in [0.1, 0.15) is 30.4 Å². The summed E-state index contributed by atoms with van der Waals surface area (Å²) >= 11 is 0. The van der Waals surface area contributed by atoms with E-state index < -0.39 is 5.97 Å². The van der Waals surface area contributed by atoms with Crippen LogP contribution in [0.15, 0.2) is 48.5 Å². The van der Waals surface area contributed by atoms with Crippen molar-refractivity contribution < 1.29 is 9.90 Å². The first-order valence-electron chi connectivity index (χ1n) is 10.1. The van der Waals surface area contributed by atoms with Gasteiger partial charge in [0.25, 0.3) is 0 Å². The van der Waals surface area contributed by atoms with Crippen molar-refractivity contribution in [3.63, 3.8) is 0 Å². The maximum absolute atomic E-state index is 11.3. The summed E-state index contributed by atoms with van der Waals surface area (Å²) in [6.45, 7) is 3.65. The predicted molar refractivity (Wildman–Crippen MR) is 109 cm³/mol.